The van der Waals surface area contributed by atoms with Crippen LogP contribution in [0.15, 0.2) is 23.0 Å². The van der Waals surface area contributed by atoms with E-state index in [4.69, 9.17) is 16.3 Å². The summed E-state index contributed by atoms with van der Waals surface area (Å²) in [6, 6.07) is 5.16. The van der Waals surface area contributed by atoms with Crippen molar-refractivity contribution in [2.45, 2.75) is 13.5 Å². The van der Waals surface area contributed by atoms with E-state index in [9.17, 15) is 9.59 Å². The predicted octanol–water partition coefficient (Wildman–Crippen LogP) is 2.28. The van der Waals surface area contributed by atoms with E-state index in [1.807, 2.05) is 0 Å². The largest absolute Gasteiger partial charge is 0.465 e. The number of fused-ring (bicyclic) bond motifs is 1. The van der Waals surface area contributed by atoms with Gasteiger partial charge in [-0.3, -0.25) is 14.2 Å². The lowest BCUT2D eigenvalue weighted by Gasteiger charge is -2.03. The molecule has 0 spiro atoms. The molecule has 0 unspecified atom stereocenters. The molecular formula is C11H10ClNO3S. The first-order valence-electron chi connectivity index (χ1n) is 5.06. The van der Waals surface area contributed by atoms with Gasteiger partial charge in [0.15, 0.2) is 0 Å². The number of thiazole rings is 1. The zero-order valence-corrected chi connectivity index (χ0v) is 10.7. The van der Waals surface area contributed by atoms with Crippen LogP contribution >= 0.6 is 22.9 Å². The van der Waals surface area contributed by atoms with Crippen LogP contribution in [-0.2, 0) is 16.1 Å². The molecule has 0 aliphatic heterocycles. The standard InChI is InChI=1S/C11H10ClNO3S/c1-2-16-10(14)6-13-8-5-7(12)3-4-9(8)17-11(13)15/h3-5H,2,6H2,1H3. The van der Waals surface area contributed by atoms with Gasteiger partial charge >= 0.3 is 10.8 Å². The van der Waals surface area contributed by atoms with Crippen molar-refractivity contribution in [3.8, 4) is 0 Å². The lowest BCUT2D eigenvalue weighted by Crippen LogP contribution is -2.20. The Bertz CT molecular complexity index is 617. The zero-order valence-electron chi connectivity index (χ0n) is 9.10. The van der Waals surface area contributed by atoms with Crippen LogP contribution in [0, 0.1) is 0 Å². The lowest BCUT2D eigenvalue weighted by atomic mass is 10.3. The Morgan fingerprint density at radius 3 is 3.00 bits per heavy atom. The van der Waals surface area contributed by atoms with Gasteiger partial charge in [-0.05, 0) is 25.1 Å². The monoisotopic (exact) mass is 271 g/mol. The number of hydrogen-bond acceptors (Lipinski definition) is 4. The van der Waals surface area contributed by atoms with Crippen LogP contribution in [0.2, 0.25) is 5.02 Å². The van der Waals surface area contributed by atoms with Gasteiger partial charge in [0.2, 0.25) is 0 Å². The second-order valence-electron chi connectivity index (χ2n) is 3.37. The smallest absolute Gasteiger partial charge is 0.326 e. The number of rotatable bonds is 3. The van der Waals surface area contributed by atoms with Crippen LogP contribution in [-0.4, -0.2) is 17.1 Å². The molecule has 1 aromatic carbocycles. The lowest BCUT2D eigenvalue weighted by molar-refractivity contribution is -0.143. The molecule has 0 aliphatic carbocycles. The predicted molar refractivity (Wildman–Crippen MR) is 67.7 cm³/mol. The van der Waals surface area contributed by atoms with Crippen LogP contribution < -0.4 is 4.87 Å². The minimum atomic E-state index is -0.422. The maximum Gasteiger partial charge on any atom is 0.326 e. The molecule has 2 rings (SSSR count). The molecule has 0 amide bonds. The van der Waals surface area contributed by atoms with Crippen LogP contribution in [0.1, 0.15) is 6.92 Å². The number of benzene rings is 1. The molecule has 0 saturated heterocycles. The molecular weight excluding hydrogens is 262 g/mol. The molecule has 17 heavy (non-hydrogen) atoms. The molecule has 0 aliphatic rings. The van der Waals surface area contributed by atoms with Gasteiger partial charge < -0.3 is 4.74 Å². The van der Waals surface area contributed by atoms with Crippen molar-refractivity contribution in [1.29, 1.82) is 0 Å². The van der Waals surface area contributed by atoms with E-state index in [0.29, 0.717) is 17.1 Å². The number of ether oxygens (including phenoxy) is 1. The molecule has 0 atom stereocenters. The first-order valence-corrected chi connectivity index (χ1v) is 6.25. The molecule has 1 heterocycles. The van der Waals surface area contributed by atoms with Gasteiger partial charge in [-0.25, -0.2) is 0 Å². The van der Waals surface area contributed by atoms with E-state index in [1.165, 1.54) is 4.57 Å². The summed E-state index contributed by atoms with van der Waals surface area (Å²) in [4.78, 5) is 22.9. The molecule has 0 fully saturated rings. The van der Waals surface area contributed by atoms with Gasteiger partial charge in [-0.15, -0.1) is 0 Å². The fourth-order valence-corrected chi connectivity index (χ4v) is 2.56. The first kappa shape index (κ1) is 12.1. The molecule has 0 radical (unpaired) electrons. The summed E-state index contributed by atoms with van der Waals surface area (Å²) in [6.07, 6.45) is 0. The summed E-state index contributed by atoms with van der Waals surface area (Å²) >= 11 is 6.96. The van der Waals surface area contributed by atoms with Crippen LogP contribution in [0.4, 0.5) is 0 Å². The van der Waals surface area contributed by atoms with Crippen molar-refractivity contribution in [2.24, 2.45) is 0 Å². The van der Waals surface area contributed by atoms with E-state index >= 15 is 0 Å². The highest BCUT2D eigenvalue weighted by molar-refractivity contribution is 7.16. The molecule has 6 heteroatoms. The number of nitrogens with zero attached hydrogens (tertiary/aromatic N) is 1. The number of carbonyl (C=O) groups excluding carboxylic acids is 1. The van der Waals surface area contributed by atoms with Crippen LogP contribution in [0.3, 0.4) is 0 Å². The van der Waals surface area contributed by atoms with E-state index in [0.717, 1.165) is 16.0 Å². The Hall–Kier alpha value is -1.33. The minimum Gasteiger partial charge on any atom is -0.465 e. The molecule has 0 N–H and O–H groups in total. The third kappa shape index (κ3) is 2.50. The van der Waals surface area contributed by atoms with Crippen LogP contribution in [0.25, 0.3) is 10.2 Å². The number of carbonyl (C=O) groups is 1. The molecule has 0 saturated carbocycles. The van der Waals surface area contributed by atoms with Gasteiger partial charge in [-0.2, -0.15) is 0 Å². The second kappa shape index (κ2) is 4.89. The third-order valence-corrected chi connectivity index (χ3v) is 3.42. The Kier molecular flexibility index (Phi) is 3.49. The van der Waals surface area contributed by atoms with Crippen molar-refractivity contribution < 1.29 is 9.53 Å². The molecule has 90 valence electrons. The van der Waals surface area contributed by atoms with Crippen LogP contribution in [0.5, 0.6) is 0 Å². The Balaban J connectivity index is 2.45. The SMILES string of the molecule is CCOC(=O)Cn1c(=O)sc2ccc(Cl)cc21. The highest BCUT2D eigenvalue weighted by atomic mass is 35.5. The average Bonchev–Trinajstić information content (AvgIpc) is 2.56. The normalized spacial score (nSPS) is 10.7. The molecule has 2 aromatic rings. The Morgan fingerprint density at radius 2 is 2.29 bits per heavy atom. The summed E-state index contributed by atoms with van der Waals surface area (Å²) in [5.41, 5.74) is 0.667. The summed E-state index contributed by atoms with van der Waals surface area (Å²) in [6.45, 7) is 1.95. The van der Waals surface area contributed by atoms with Gasteiger partial charge in [0.1, 0.15) is 6.54 Å². The summed E-state index contributed by atoms with van der Waals surface area (Å²) in [5, 5.41) is 0.535. The van der Waals surface area contributed by atoms with E-state index < -0.39 is 5.97 Å². The first-order chi connectivity index (χ1) is 8.11. The fourth-order valence-electron chi connectivity index (χ4n) is 1.52. The highest BCUT2D eigenvalue weighted by Gasteiger charge is 2.11. The minimum absolute atomic E-state index is 0.0764. The molecule has 1 aromatic heterocycles. The number of aromatic nitrogens is 1. The van der Waals surface area contributed by atoms with Gasteiger partial charge in [-0.1, -0.05) is 22.9 Å². The number of hydrogen-bond donors (Lipinski definition) is 0. The average molecular weight is 272 g/mol. The topological polar surface area (TPSA) is 48.3 Å². The van der Waals surface area contributed by atoms with Crippen molar-refractivity contribution in [3.05, 3.63) is 32.9 Å². The number of halogens is 1. The summed E-state index contributed by atoms with van der Waals surface area (Å²) in [5.74, 6) is -0.422. The van der Waals surface area contributed by atoms with E-state index in [-0.39, 0.29) is 11.4 Å². The molecule has 4 nitrogen and oxygen atoms in total. The maximum absolute atomic E-state index is 11.7. The quantitative estimate of drug-likeness (QED) is 0.805. The van der Waals surface area contributed by atoms with Crippen molar-refractivity contribution in [3.63, 3.8) is 0 Å². The zero-order chi connectivity index (χ0) is 12.4. The Morgan fingerprint density at radius 1 is 1.53 bits per heavy atom. The maximum atomic E-state index is 11.7. The van der Waals surface area contributed by atoms with Gasteiger partial charge in [0.25, 0.3) is 0 Å². The van der Waals surface area contributed by atoms with Gasteiger partial charge in [0.05, 0.1) is 16.8 Å². The van der Waals surface area contributed by atoms with E-state index in [1.54, 1.807) is 25.1 Å². The third-order valence-electron chi connectivity index (χ3n) is 2.22. The number of esters is 1. The Labute approximate surface area is 106 Å². The second-order valence-corrected chi connectivity index (χ2v) is 4.80. The van der Waals surface area contributed by atoms with Crippen molar-refractivity contribution >= 4 is 39.1 Å². The van der Waals surface area contributed by atoms with Gasteiger partial charge in [0, 0.05) is 5.02 Å². The highest BCUT2D eigenvalue weighted by Crippen LogP contribution is 2.21. The van der Waals surface area contributed by atoms with Crippen molar-refractivity contribution in [1.82, 2.24) is 4.57 Å². The summed E-state index contributed by atoms with van der Waals surface area (Å²) < 4.78 is 7.01. The summed E-state index contributed by atoms with van der Waals surface area (Å²) in [7, 11) is 0. The molecule has 0 bridgehead atoms. The van der Waals surface area contributed by atoms with Crippen molar-refractivity contribution in [2.75, 3.05) is 6.61 Å². The van der Waals surface area contributed by atoms with E-state index in [2.05, 4.69) is 0 Å². The fraction of sp³-hybridized carbons (Fsp3) is 0.273.